The Labute approximate surface area is 124 Å². The van der Waals surface area contributed by atoms with Crippen molar-refractivity contribution in [1.82, 2.24) is 4.90 Å². The highest BCUT2D eigenvalue weighted by atomic mass is 32.2. The minimum absolute atomic E-state index is 0.193. The van der Waals surface area contributed by atoms with E-state index in [1.165, 1.54) is 35.7 Å². The van der Waals surface area contributed by atoms with Gasteiger partial charge in [0, 0.05) is 11.7 Å². The third kappa shape index (κ3) is 2.60. The lowest BCUT2D eigenvalue weighted by Crippen LogP contribution is -2.48. The molecular weight excluding hydrogens is 300 g/mol. The number of hydrogen-bond donors (Lipinski definition) is 1. The first-order valence-corrected chi connectivity index (χ1v) is 6.97. The second-order valence-electron chi connectivity index (χ2n) is 5.17. The maximum Gasteiger partial charge on any atom is 0.433 e. The number of carbonyl (C=O) groups excluding carboxylic acids is 1. The normalized spacial score (nSPS) is 24.0. The van der Waals surface area contributed by atoms with E-state index >= 15 is 0 Å². The highest BCUT2D eigenvalue weighted by Gasteiger charge is 2.54. The Morgan fingerprint density at radius 3 is 2.52 bits per heavy atom. The lowest BCUT2D eigenvalue weighted by atomic mass is 10.0. The Balaban J connectivity index is 2.44. The second-order valence-corrected chi connectivity index (χ2v) is 6.91. The number of carboxylic acids is 1. The van der Waals surface area contributed by atoms with Gasteiger partial charge in [-0.05, 0) is 19.9 Å². The third-order valence-corrected chi connectivity index (χ3v) is 4.75. The molecule has 2 heterocycles. The highest BCUT2D eigenvalue weighted by molar-refractivity contribution is 8.01. The van der Waals surface area contributed by atoms with Gasteiger partial charge >= 0.3 is 11.9 Å². The van der Waals surface area contributed by atoms with Crippen molar-refractivity contribution in [2.75, 3.05) is 0 Å². The Kier molecular flexibility index (Phi) is 3.70. The van der Waals surface area contributed by atoms with Crippen molar-refractivity contribution < 1.29 is 24.0 Å². The van der Waals surface area contributed by atoms with E-state index in [9.17, 15) is 24.8 Å². The fourth-order valence-electron chi connectivity index (χ4n) is 2.41. The molecule has 1 aliphatic heterocycles. The summed E-state index contributed by atoms with van der Waals surface area (Å²) >= 11 is 1.23. The fraction of sp³-hybridized carbons (Fsp3) is 0.500. The number of nitro groups is 1. The molecule has 0 aliphatic carbocycles. The molecule has 0 unspecified atom stereocenters. The Morgan fingerprint density at radius 1 is 1.48 bits per heavy atom. The van der Waals surface area contributed by atoms with E-state index in [1.54, 1.807) is 13.8 Å². The molecule has 0 radical (unpaired) electrons. The molecule has 9 heteroatoms. The zero-order chi connectivity index (χ0) is 15.9. The van der Waals surface area contributed by atoms with E-state index in [1.807, 2.05) is 0 Å². The van der Waals surface area contributed by atoms with Gasteiger partial charge in [-0.2, -0.15) is 0 Å². The van der Waals surface area contributed by atoms with Crippen LogP contribution in [0.25, 0.3) is 0 Å². The van der Waals surface area contributed by atoms with Gasteiger partial charge in [0.25, 0.3) is 0 Å². The van der Waals surface area contributed by atoms with Crippen LogP contribution in [0.2, 0.25) is 0 Å². The van der Waals surface area contributed by atoms with Crippen molar-refractivity contribution in [2.45, 2.75) is 36.9 Å². The van der Waals surface area contributed by atoms with E-state index in [0.29, 0.717) is 0 Å². The average Bonchev–Trinajstić information content (AvgIpc) is 2.90. The first-order valence-electron chi connectivity index (χ1n) is 6.09. The van der Waals surface area contributed by atoms with E-state index in [4.69, 9.17) is 4.42 Å². The van der Waals surface area contributed by atoms with Crippen LogP contribution in [-0.4, -0.2) is 37.6 Å². The van der Waals surface area contributed by atoms with E-state index in [2.05, 4.69) is 0 Å². The van der Waals surface area contributed by atoms with Gasteiger partial charge in [-0.25, -0.2) is 4.79 Å². The summed E-state index contributed by atoms with van der Waals surface area (Å²) in [6, 6.07) is 1.55. The predicted molar refractivity (Wildman–Crippen MR) is 73.7 cm³/mol. The molecule has 0 aromatic carbocycles. The lowest BCUT2D eigenvalue weighted by Gasteiger charge is -2.27. The van der Waals surface area contributed by atoms with E-state index in [-0.39, 0.29) is 5.76 Å². The maximum absolute atomic E-state index is 11.8. The van der Waals surface area contributed by atoms with Crippen LogP contribution >= 0.6 is 11.8 Å². The van der Waals surface area contributed by atoms with Crippen LogP contribution in [0.3, 0.4) is 0 Å². The molecule has 1 aromatic heterocycles. The van der Waals surface area contributed by atoms with Crippen LogP contribution in [0.15, 0.2) is 16.5 Å². The van der Waals surface area contributed by atoms with Crippen LogP contribution in [0.4, 0.5) is 5.88 Å². The molecule has 0 bridgehead atoms. The molecular formula is C12H14N2O6S. The van der Waals surface area contributed by atoms with Crippen LogP contribution in [0.5, 0.6) is 0 Å². The molecule has 21 heavy (non-hydrogen) atoms. The number of amides is 1. The summed E-state index contributed by atoms with van der Waals surface area (Å²) in [6.45, 7) is 4.69. The number of rotatable bonds is 3. The van der Waals surface area contributed by atoms with Crippen LogP contribution in [0, 0.1) is 10.1 Å². The summed E-state index contributed by atoms with van der Waals surface area (Å²) in [4.78, 5) is 34.5. The molecule has 1 N–H and O–H groups in total. The summed E-state index contributed by atoms with van der Waals surface area (Å²) in [5, 5.41) is 19.4. The maximum atomic E-state index is 11.8. The van der Waals surface area contributed by atoms with Crippen LogP contribution in [0.1, 0.15) is 31.9 Å². The number of hydrogen-bond acceptors (Lipinski definition) is 6. The quantitative estimate of drug-likeness (QED) is 0.670. The summed E-state index contributed by atoms with van der Waals surface area (Å²) in [6.07, 6.45) is 0. The minimum atomic E-state index is -1.12. The molecule has 0 saturated carbocycles. The van der Waals surface area contributed by atoms with Crippen molar-refractivity contribution in [1.29, 1.82) is 0 Å². The van der Waals surface area contributed by atoms with E-state index < -0.39 is 38.8 Å². The topological polar surface area (TPSA) is 114 Å². The van der Waals surface area contributed by atoms with Crippen molar-refractivity contribution in [3.05, 3.63) is 28.0 Å². The number of carboxylic acid groups (broad SMARTS) is 1. The van der Waals surface area contributed by atoms with Gasteiger partial charge in [-0.3, -0.25) is 14.9 Å². The second kappa shape index (κ2) is 5.06. The fourth-order valence-corrected chi connectivity index (χ4v) is 3.96. The first-order chi connectivity index (χ1) is 9.65. The smallest absolute Gasteiger partial charge is 0.433 e. The largest absolute Gasteiger partial charge is 0.480 e. The number of carbonyl (C=O) groups is 2. The summed E-state index contributed by atoms with van der Waals surface area (Å²) < 4.78 is 4.38. The first kappa shape index (κ1) is 15.4. The van der Waals surface area contributed by atoms with Gasteiger partial charge in [0.15, 0.2) is 0 Å². The summed E-state index contributed by atoms with van der Waals surface area (Å²) in [7, 11) is 0. The zero-order valence-electron chi connectivity index (χ0n) is 11.6. The number of aliphatic carboxylic acids is 1. The van der Waals surface area contributed by atoms with Gasteiger partial charge in [0.1, 0.15) is 22.1 Å². The molecule has 1 fully saturated rings. The Hall–Kier alpha value is -2.03. The molecule has 1 aromatic rings. The van der Waals surface area contributed by atoms with Gasteiger partial charge in [-0.1, -0.05) is 0 Å². The van der Waals surface area contributed by atoms with Gasteiger partial charge in [0.05, 0.1) is 6.07 Å². The minimum Gasteiger partial charge on any atom is -0.480 e. The average molecular weight is 314 g/mol. The van der Waals surface area contributed by atoms with Crippen molar-refractivity contribution in [2.24, 2.45) is 0 Å². The van der Waals surface area contributed by atoms with Crippen molar-refractivity contribution in [3.63, 3.8) is 0 Å². The van der Waals surface area contributed by atoms with Crippen molar-refractivity contribution >= 4 is 29.5 Å². The molecule has 8 nitrogen and oxygen atoms in total. The number of furan rings is 1. The molecule has 1 aliphatic rings. The number of nitrogens with zero attached hydrogens (tertiary/aromatic N) is 2. The monoisotopic (exact) mass is 314 g/mol. The molecule has 1 amide bonds. The zero-order valence-corrected chi connectivity index (χ0v) is 12.4. The van der Waals surface area contributed by atoms with E-state index in [0.717, 1.165) is 0 Å². The third-order valence-electron chi connectivity index (χ3n) is 3.24. The summed E-state index contributed by atoms with van der Waals surface area (Å²) in [5.74, 6) is -1.79. The molecule has 2 atom stereocenters. The molecule has 0 spiro atoms. The molecule has 1 saturated heterocycles. The predicted octanol–water partition coefficient (Wildman–Crippen LogP) is 2.01. The lowest BCUT2D eigenvalue weighted by molar-refractivity contribution is -0.402. The molecule has 2 rings (SSSR count). The van der Waals surface area contributed by atoms with Crippen molar-refractivity contribution in [3.8, 4) is 0 Å². The Morgan fingerprint density at radius 2 is 2.10 bits per heavy atom. The standard InChI is InChI=1S/C12H14N2O6S/c1-6(15)13-9(11(16)17)12(2,3)21-10(13)7-4-5-8(20-7)14(18)19/h4-5,9-10H,1-3H3,(H,16,17)/t9-,10+/m1/s1. The SMILES string of the molecule is CC(=O)N1[C@H](c2ccc([N+](=O)[O-])o2)SC(C)(C)[C@H]1C(=O)O. The summed E-state index contributed by atoms with van der Waals surface area (Å²) in [5.41, 5.74) is 0. The van der Waals surface area contributed by atoms with Gasteiger partial charge < -0.3 is 14.4 Å². The number of thioether (sulfide) groups is 1. The van der Waals surface area contributed by atoms with Gasteiger partial charge in [0.2, 0.25) is 5.91 Å². The Bertz CT molecular complexity index is 611. The highest BCUT2D eigenvalue weighted by Crippen LogP contribution is 2.52. The van der Waals surface area contributed by atoms with Crippen LogP contribution in [-0.2, 0) is 9.59 Å². The van der Waals surface area contributed by atoms with Gasteiger partial charge in [-0.15, -0.1) is 11.8 Å². The molecule has 114 valence electrons. The van der Waals surface area contributed by atoms with Crippen LogP contribution < -0.4 is 0 Å².